The van der Waals surface area contributed by atoms with E-state index in [1.165, 1.54) is 23.1 Å². The average molecular weight is 371 g/mol. The Balaban J connectivity index is 2.01. The van der Waals surface area contributed by atoms with Crippen LogP contribution in [0.2, 0.25) is 0 Å². The fourth-order valence-corrected chi connectivity index (χ4v) is 5.08. The van der Waals surface area contributed by atoms with E-state index in [-0.39, 0.29) is 5.41 Å². The lowest BCUT2D eigenvalue weighted by Gasteiger charge is -2.49. The summed E-state index contributed by atoms with van der Waals surface area (Å²) in [5.74, 6) is 1.08. The van der Waals surface area contributed by atoms with Crippen LogP contribution in [-0.2, 0) is 5.41 Å². The molecular formula is C26H30N2. The molecule has 0 amide bonds. The van der Waals surface area contributed by atoms with E-state index in [4.69, 9.17) is 0 Å². The number of hydrogen-bond acceptors (Lipinski definition) is 2. The smallest absolute Gasteiger partial charge is 0.0494 e. The summed E-state index contributed by atoms with van der Waals surface area (Å²) in [6, 6.07) is 33.3. The number of benzene rings is 3. The summed E-state index contributed by atoms with van der Waals surface area (Å²) < 4.78 is 0. The Morgan fingerprint density at radius 3 is 1.57 bits per heavy atom. The van der Waals surface area contributed by atoms with Crippen LogP contribution in [0, 0.1) is 11.8 Å². The Bertz CT molecular complexity index is 764. The summed E-state index contributed by atoms with van der Waals surface area (Å²) in [5, 5.41) is 2.38. The molecule has 4 rings (SSSR count). The predicted molar refractivity (Wildman–Crippen MR) is 117 cm³/mol. The molecule has 28 heavy (non-hydrogen) atoms. The maximum Gasteiger partial charge on any atom is 0.0494 e. The van der Waals surface area contributed by atoms with Crippen molar-refractivity contribution >= 4 is 0 Å². The van der Waals surface area contributed by atoms with Gasteiger partial charge in [-0.1, -0.05) is 97.9 Å². The Morgan fingerprint density at radius 2 is 1.18 bits per heavy atom. The minimum atomic E-state index is -0.182. The zero-order valence-corrected chi connectivity index (χ0v) is 16.9. The monoisotopic (exact) mass is 370 g/mol. The first-order valence-electron chi connectivity index (χ1n) is 10.4. The van der Waals surface area contributed by atoms with Crippen LogP contribution in [0.4, 0.5) is 0 Å². The molecule has 0 aliphatic carbocycles. The van der Waals surface area contributed by atoms with Crippen LogP contribution >= 0.6 is 0 Å². The molecule has 1 aliphatic heterocycles. The van der Waals surface area contributed by atoms with Gasteiger partial charge in [0.2, 0.25) is 0 Å². The third-order valence-corrected chi connectivity index (χ3v) is 6.52. The Hall–Kier alpha value is -2.42. The standard InChI is InChI=1S/C26H30N2/c1-21-18-19-28(27-2)20-25(21)26(22-12-6-3-7-13-22,23-14-8-4-9-15-23)24-16-10-5-11-17-24/h3-17,21,25,27H,18-20H2,1-2H3/t21-,25-/m1/s1. The van der Waals surface area contributed by atoms with Crippen LogP contribution in [-0.4, -0.2) is 25.1 Å². The van der Waals surface area contributed by atoms with Gasteiger partial charge in [0.05, 0.1) is 0 Å². The first kappa shape index (κ1) is 18.9. The first-order valence-corrected chi connectivity index (χ1v) is 10.4. The topological polar surface area (TPSA) is 15.3 Å². The van der Waals surface area contributed by atoms with Gasteiger partial charge in [0.1, 0.15) is 0 Å². The van der Waals surface area contributed by atoms with E-state index in [1.54, 1.807) is 0 Å². The van der Waals surface area contributed by atoms with Gasteiger partial charge in [-0.2, -0.15) is 0 Å². The van der Waals surface area contributed by atoms with Gasteiger partial charge in [0.25, 0.3) is 0 Å². The molecule has 2 atom stereocenters. The van der Waals surface area contributed by atoms with E-state index in [1.807, 2.05) is 7.05 Å². The largest absolute Gasteiger partial charge is 0.258 e. The average Bonchev–Trinajstić information content (AvgIpc) is 2.78. The number of piperidine rings is 1. The molecule has 1 saturated heterocycles. The van der Waals surface area contributed by atoms with Crippen molar-refractivity contribution in [3.05, 3.63) is 108 Å². The van der Waals surface area contributed by atoms with E-state index in [0.717, 1.165) is 13.1 Å². The lowest BCUT2D eigenvalue weighted by Crippen LogP contribution is -2.53. The molecule has 2 heteroatoms. The molecule has 1 N–H and O–H groups in total. The van der Waals surface area contributed by atoms with Crippen molar-refractivity contribution < 1.29 is 0 Å². The van der Waals surface area contributed by atoms with E-state index in [2.05, 4.69) is 108 Å². The molecule has 0 unspecified atom stereocenters. The summed E-state index contributed by atoms with van der Waals surface area (Å²) in [7, 11) is 2.04. The predicted octanol–water partition coefficient (Wildman–Crippen LogP) is 5.11. The Kier molecular flexibility index (Phi) is 5.61. The van der Waals surface area contributed by atoms with Crippen LogP contribution in [0.1, 0.15) is 30.0 Å². The summed E-state index contributed by atoms with van der Waals surface area (Å²) in [5.41, 5.74) is 7.36. The number of hydrogen-bond donors (Lipinski definition) is 1. The highest BCUT2D eigenvalue weighted by atomic mass is 15.5. The van der Waals surface area contributed by atoms with E-state index in [0.29, 0.717) is 11.8 Å². The van der Waals surface area contributed by atoms with Crippen LogP contribution in [0.25, 0.3) is 0 Å². The van der Waals surface area contributed by atoms with Gasteiger partial charge in [0, 0.05) is 18.5 Å². The van der Waals surface area contributed by atoms with Crippen LogP contribution in [0.3, 0.4) is 0 Å². The molecule has 0 aromatic heterocycles. The maximum absolute atomic E-state index is 3.41. The number of rotatable bonds is 5. The van der Waals surface area contributed by atoms with Gasteiger partial charge in [0.15, 0.2) is 0 Å². The van der Waals surface area contributed by atoms with E-state index in [9.17, 15) is 0 Å². The molecule has 0 bridgehead atoms. The highest BCUT2D eigenvalue weighted by molar-refractivity contribution is 5.51. The van der Waals surface area contributed by atoms with Gasteiger partial charge in [-0.15, -0.1) is 0 Å². The molecular weight excluding hydrogens is 340 g/mol. The van der Waals surface area contributed by atoms with Crippen LogP contribution in [0.15, 0.2) is 91.0 Å². The van der Waals surface area contributed by atoms with Crippen molar-refractivity contribution in [1.29, 1.82) is 0 Å². The van der Waals surface area contributed by atoms with Gasteiger partial charge in [-0.25, -0.2) is 5.01 Å². The third kappa shape index (κ3) is 3.28. The van der Waals surface area contributed by atoms with Gasteiger partial charge in [-0.05, 0) is 42.0 Å². The lowest BCUT2D eigenvalue weighted by molar-refractivity contribution is 0.0644. The van der Waals surface area contributed by atoms with Crippen molar-refractivity contribution in [1.82, 2.24) is 10.4 Å². The second-order valence-corrected chi connectivity index (χ2v) is 7.95. The normalized spacial score (nSPS) is 20.8. The van der Waals surface area contributed by atoms with Crippen molar-refractivity contribution in [3.63, 3.8) is 0 Å². The second kappa shape index (κ2) is 8.30. The van der Waals surface area contributed by atoms with Crippen LogP contribution < -0.4 is 5.43 Å². The molecule has 1 aliphatic rings. The summed E-state index contributed by atoms with van der Waals surface area (Å²) >= 11 is 0. The maximum atomic E-state index is 3.41. The van der Waals surface area contributed by atoms with Crippen LogP contribution in [0.5, 0.6) is 0 Å². The quantitative estimate of drug-likeness (QED) is 0.628. The summed E-state index contributed by atoms with van der Waals surface area (Å²) in [6.45, 7) is 4.56. The third-order valence-electron chi connectivity index (χ3n) is 6.52. The molecule has 3 aromatic carbocycles. The van der Waals surface area contributed by atoms with Gasteiger partial charge < -0.3 is 0 Å². The molecule has 3 aromatic rings. The fraction of sp³-hybridized carbons (Fsp3) is 0.308. The van der Waals surface area contributed by atoms with Gasteiger partial charge in [-0.3, -0.25) is 5.43 Å². The van der Waals surface area contributed by atoms with E-state index < -0.39 is 0 Å². The zero-order chi connectivity index (χ0) is 19.4. The first-order chi connectivity index (χ1) is 13.8. The van der Waals surface area contributed by atoms with E-state index >= 15 is 0 Å². The van der Waals surface area contributed by atoms with Crippen molar-refractivity contribution in [3.8, 4) is 0 Å². The minimum absolute atomic E-state index is 0.182. The van der Waals surface area contributed by atoms with Crippen molar-refractivity contribution in [2.75, 3.05) is 20.1 Å². The highest BCUT2D eigenvalue weighted by Crippen LogP contribution is 2.49. The number of hydrazine groups is 1. The minimum Gasteiger partial charge on any atom is -0.258 e. The van der Waals surface area contributed by atoms with Crippen molar-refractivity contribution in [2.45, 2.75) is 18.8 Å². The SMILES string of the molecule is CNN1CC[C@@H](C)[C@H](C(c2ccccc2)(c2ccccc2)c2ccccc2)C1. The second-order valence-electron chi connectivity index (χ2n) is 7.95. The zero-order valence-electron chi connectivity index (χ0n) is 16.9. The molecule has 144 valence electrons. The lowest BCUT2D eigenvalue weighted by atomic mass is 9.57. The van der Waals surface area contributed by atoms with Gasteiger partial charge >= 0.3 is 0 Å². The number of nitrogens with one attached hydrogen (secondary N) is 1. The Labute approximate surface area is 169 Å². The molecule has 2 nitrogen and oxygen atoms in total. The fourth-order valence-electron chi connectivity index (χ4n) is 5.08. The summed E-state index contributed by atoms with van der Waals surface area (Å²) in [4.78, 5) is 0. The molecule has 1 fully saturated rings. The van der Waals surface area contributed by atoms with Crippen molar-refractivity contribution in [2.24, 2.45) is 11.8 Å². The molecule has 1 heterocycles. The summed E-state index contributed by atoms with van der Waals surface area (Å²) in [6.07, 6.45) is 1.19. The molecule has 0 saturated carbocycles. The molecule has 0 spiro atoms. The Morgan fingerprint density at radius 1 is 0.750 bits per heavy atom. The number of nitrogens with zero attached hydrogens (tertiary/aromatic N) is 1. The molecule has 0 radical (unpaired) electrons. The highest BCUT2D eigenvalue weighted by Gasteiger charge is 2.47.